The fraction of sp³-hybridized carbons (Fsp3) is 0.0625. The van der Waals surface area contributed by atoms with E-state index < -0.39 is 11.7 Å². The monoisotopic (exact) mass is 345 g/mol. The van der Waals surface area contributed by atoms with Gasteiger partial charge >= 0.3 is 0 Å². The highest BCUT2D eigenvalue weighted by Crippen LogP contribution is 2.36. The third kappa shape index (κ3) is 3.14. The van der Waals surface area contributed by atoms with Crippen molar-refractivity contribution in [3.63, 3.8) is 0 Å². The number of hydrogen-bond donors (Lipinski definition) is 1. The lowest BCUT2D eigenvalue weighted by atomic mass is 10.1. The normalized spacial score (nSPS) is 12.2. The van der Waals surface area contributed by atoms with E-state index in [1.807, 2.05) is 0 Å². The average Bonchev–Trinajstić information content (AvgIpc) is 3.01. The fourth-order valence-corrected chi connectivity index (χ4v) is 2.22. The van der Waals surface area contributed by atoms with Crippen molar-refractivity contribution in [2.24, 2.45) is 5.10 Å². The van der Waals surface area contributed by atoms with Gasteiger partial charge in [0.25, 0.3) is 5.91 Å². The minimum absolute atomic E-state index is 0.112. The third-order valence-corrected chi connectivity index (χ3v) is 3.53. The van der Waals surface area contributed by atoms with Gasteiger partial charge in [0.15, 0.2) is 11.5 Å². The van der Waals surface area contributed by atoms with Crippen LogP contribution >= 0.6 is 11.6 Å². The van der Waals surface area contributed by atoms with Crippen molar-refractivity contribution < 1.29 is 18.7 Å². The largest absolute Gasteiger partial charge is 0.454 e. The maximum absolute atomic E-state index is 13.7. The van der Waals surface area contributed by atoms with Crippen molar-refractivity contribution >= 4 is 23.7 Å². The summed E-state index contributed by atoms with van der Waals surface area (Å²) >= 11 is 6.07. The maximum atomic E-state index is 13.7. The van der Waals surface area contributed by atoms with Gasteiger partial charge in [0.1, 0.15) is 5.82 Å². The first-order valence-corrected chi connectivity index (χ1v) is 7.08. The lowest BCUT2D eigenvalue weighted by Crippen LogP contribution is -2.19. The van der Waals surface area contributed by atoms with Crippen LogP contribution in [0.4, 0.5) is 4.39 Å². The molecular formula is C16H9ClFN3O3. The zero-order valence-electron chi connectivity index (χ0n) is 12.0. The van der Waals surface area contributed by atoms with Gasteiger partial charge in [-0.1, -0.05) is 11.6 Å². The van der Waals surface area contributed by atoms with Crippen LogP contribution in [0.2, 0.25) is 5.02 Å². The molecule has 0 atom stereocenters. The number of nitriles is 1. The molecule has 120 valence electrons. The minimum Gasteiger partial charge on any atom is -0.454 e. The van der Waals surface area contributed by atoms with Crippen LogP contribution in [0.15, 0.2) is 35.4 Å². The Hall–Kier alpha value is -3.11. The number of carbonyl (C=O) groups excluding carboxylic acids is 1. The van der Waals surface area contributed by atoms with Gasteiger partial charge in [-0.05, 0) is 24.3 Å². The van der Waals surface area contributed by atoms with Gasteiger partial charge in [0.05, 0.1) is 28.4 Å². The zero-order valence-corrected chi connectivity index (χ0v) is 12.8. The molecule has 6 nitrogen and oxygen atoms in total. The number of hydrazone groups is 1. The summed E-state index contributed by atoms with van der Waals surface area (Å²) in [6.45, 7) is 0.112. The van der Waals surface area contributed by atoms with Gasteiger partial charge < -0.3 is 9.47 Å². The van der Waals surface area contributed by atoms with Crippen molar-refractivity contribution in [1.82, 2.24) is 5.43 Å². The molecular weight excluding hydrogens is 337 g/mol. The predicted octanol–water partition coefficient (Wildman–Crippen LogP) is 2.84. The summed E-state index contributed by atoms with van der Waals surface area (Å²) in [5.74, 6) is -0.501. The summed E-state index contributed by atoms with van der Waals surface area (Å²) in [6.07, 6.45) is 1.31. The van der Waals surface area contributed by atoms with Crippen LogP contribution in [0.25, 0.3) is 0 Å². The summed E-state index contributed by atoms with van der Waals surface area (Å²) < 4.78 is 24.1. The molecule has 1 aliphatic rings. The number of hydrogen-bond acceptors (Lipinski definition) is 5. The molecule has 0 bridgehead atoms. The van der Waals surface area contributed by atoms with Crippen LogP contribution < -0.4 is 14.9 Å². The Morgan fingerprint density at radius 1 is 1.33 bits per heavy atom. The zero-order chi connectivity index (χ0) is 17.1. The molecule has 1 N–H and O–H groups in total. The van der Waals surface area contributed by atoms with Gasteiger partial charge in [0, 0.05) is 11.6 Å². The molecule has 1 aliphatic heterocycles. The first kappa shape index (κ1) is 15.8. The van der Waals surface area contributed by atoms with Crippen molar-refractivity contribution in [1.29, 1.82) is 5.26 Å². The molecule has 1 heterocycles. The Balaban J connectivity index is 1.73. The van der Waals surface area contributed by atoms with Crippen LogP contribution in [0.3, 0.4) is 0 Å². The smallest absolute Gasteiger partial charge is 0.274 e. The third-order valence-electron chi connectivity index (χ3n) is 3.20. The second kappa shape index (κ2) is 6.56. The molecule has 2 aromatic rings. The highest BCUT2D eigenvalue weighted by atomic mass is 35.5. The SMILES string of the molecule is N#Cc1ccc(C(=O)NN=Cc2cc3c(cc2Cl)OCO3)c(F)c1. The number of amides is 1. The Morgan fingerprint density at radius 2 is 2.08 bits per heavy atom. The van der Waals surface area contributed by atoms with Crippen molar-refractivity contribution in [3.8, 4) is 17.6 Å². The van der Waals surface area contributed by atoms with Gasteiger partial charge in [-0.2, -0.15) is 10.4 Å². The van der Waals surface area contributed by atoms with Gasteiger partial charge in [-0.25, -0.2) is 9.82 Å². The van der Waals surface area contributed by atoms with Crippen LogP contribution in [0.1, 0.15) is 21.5 Å². The molecule has 0 fully saturated rings. The number of nitrogens with zero attached hydrogens (tertiary/aromatic N) is 2. The number of fused-ring (bicyclic) bond motifs is 1. The quantitative estimate of drug-likeness (QED) is 0.685. The molecule has 0 saturated carbocycles. The Labute approximate surface area is 141 Å². The van der Waals surface area contributed by atoms with E-state index in [9.17, 15) is 9.18 Å². The summed E-state index contributed by atoms with van der Waals surface area (Å²) in [5.41, 5.74) is 2.60. The van der Waals surface area contributed by atoms with Crippen molar-refractivity contribution in [3.05, 3.63) is 57.9 Å². The molecule has 24 heavy (non-hydrogen) atoms. The molecule has 0 aliphatic carbocycles. The van der Waals surface area contributed by atoms with Crippen molar-refractivity contribution in [2.75, 3.05) is 6.79 Å². The average molecular weight is 346 g/mol. The number of benzene rings is 2. The maximum Gasteiger partial charge on any atom is 0.274 e. The van der Waals surface area contributed by atoms with E-state index in [0.717, 1.165) is 6.07 Å². The minimum atomic E-state index is -0.803. The first-order valence-electron chi connectivity index (χ1n) is 6.70. The van der Waals surface area contributed by atoms with E-state index in [2.05, 4.69) is 10.5 Å². The first-order chi connectivity index (χ1) is 11.6. The number of carbonyl (C=O) groups is 1. The Morgan fingerprint density at radius 3 is 2.79 bits per heavy atom. The summed E-state index contributed by atoms with van der Waals surface area (Å²) in [4.78, 5) is 11.9. The highest BCUT2D eigenvalue weighted by molar-refractivity contribution is 6.33. The van der Waals surface area contributed by atoms with Gasteiger partial charge in [-0.3, -0.25) is 4.79 Å². The molecule has 0 unspecified atom stereocenters. The molecule has 0 saturated heterocycles. The standard InChI is InChI=1S/C16H9ClFN3O3/c17-12-5-15-14(23-8-24-15)4-10(12)7-20-21-16(22)11-2-1-9(6-19)3-13(11)18/h1-5,7H,8H2,(H,21,22). The van der Waals surface area contributed by atoms with Crippen LogP contribution in [0.5, 0.6) is 11.5 Å². The van der Waals surface area contributed by atoms with E-state index in [0.29, 0.717) is 22.1 Å². The lowest BCUT2D eigenvalue weighted by molar-refractivity contribution is 0.0951. The molecule has 0 spiro atoms. The summed E-state index contributed by atoms with van der Waals surface area (Å²) in [7, 11) is 0. The number of ether oxygens (including phenoxy) is 2. The van der Waals surface area contributed by atoms with E-state index in [4.69, 9.17) is 26.3 Å². The van der Waals surface area contributed by atoms with Gasteiger partial charge in [-0.15, -0.1) is 0 Å². The fourth-order valence-electron chi connectivity index (χ4n) is 2.02. The molecule has 0 aromatic heterocycles. The number of rotatable bonds is 3. The molecule has 8 heteroatoms. The molecule has 3 rings (SSSR count). The van der Waals surface area contributed by atoms with Crippen molar-refractivity contribution in [2.45, 2.75) is 0 Å². The van der Waals surface area contributed by atoms with E-state index in [1.54, 1.807) is 18.2 Å². The molecule has 2 aromatic carbocycles. The van der Waals surface area contributed by atoms with Crippen LogP contribution in [-0.4, -0.2) is 18.9 Å². The van der Waals surface area contributed by atoms with Crippen LogP contribution in [0, 0.1) is 17.1 Å². The molecule has 0 radical (unpaired) electrons. The second-order valence-corrected chi connectivity index (χ2v) is 5.14. The molecule has 1 amide bonds. The number of nitrogens with one attached hydrogen (secondary N) is 1. The highest BCUT2D eigenvalue weighted by Gasteiger charge is 2.16. The van der Waals surface area contributed by atoms with Gasteiger partial charge in [0.2, 0.25) is 6.79 Å². The second-order valence-electron chi connectivity index (χ2n) is 4.73. The van der Waals surface area contributed by atoms with E-state index in [-0.39, 0.29) is 17.9 Å². The summed E-state index contributed by atoms with van der Waals surface area (Å²) in [6, 6.07) is 8.52. The van der Waals surface area contributed by atoms with E-state index >= 15 is 0 Å². The topological polar surface area (TPSA) is 83.7 Å². The van der Waals surface area contributed by atoms with Crippen LogP contribution in [-0.2, 0) is 0 Å². The Bertz CT molecular complexity index is 893. The summed E-state index contributed by atoms with van der Waals surface area (Å²) in [5, 5.41) is 12.8. The predicted molar refractivity (Wildman–Crippen MR) is 83.8 cm³/mol. The van der Waals surface area contributed by atoms with E-state index in [1.165, 1.54) is 18.3 Å². The number of halogens is 2. The Kier molecular flexibility index (Phi) is 4.31. The lowest BCUT2D eigenvalue weighted by Gasteiger charge is -2.03.